The van der Waals surface area contributed by atoms with E-state index in [2.05, 4.69) is 0 Å². The van der Waals surface area contributed by atoms with Gasteiger partial charge in [0.1, 0.15) is 0 Å². The Morgan fingerprint density at radius 1 is 0.947 bits per heavy atom. The fourth-order valence-electron chi connectivity index (χ4n) is 0.714. The number of carboxylic acids is 4. The van der Waals surface area contributed by atoms with Gasteiger partial charge in [-0.1, -0.05) is 0 Å². The number of rotatable bonds is 6. The van der Waals surface area contributed by atoms with Gasteiger partial charge in [-0.05, 0) is 0 Å². The topological polar surface area (TPSA) is 192 Å². The second kappa shape index (κ2) is 11.3. The van der Waals surface area contributed by atoms with Gasteiger partial charge in [-0.2, -0.15) is 0 Å². The largest absolute Gasteiger partial charge is 1.00 e. The first-order chi connectivity index (χ1) is 8.05. The fraction of sp³-hybridized carbons (Fsp3) is 0.500. The van der Waals surface area contributed by atoms with Gasteiger partial charge in [-0.15, -0.1) is 0 Å². The van der Waals surface area contributed by atoms with Crippen LogP contribution < -0.4 is 56.5 Å². The maximum Gasteiger partial charge on any atom is 1.00 e. The quantitative estimate of drug-likeness (QED) is 0.294. The van der Waals surface area contributed by atoms with Crippen molar-refractivity contribution in [1.29, 1.82) is 0 Å². The Morgan fingerprint density at radius 3 is 1.32 bits per heavy atom. The number of aliphatic hydroxyl groups is 2. The molecule has 0 spiro atoms. The maximum absolute atomic E-state index is 10.3. The summed E-state index contributed by atoms with van der Waals surface area (Å²) in [5.41, 5.74) is -2.74. The molecule has 0 aromatic heterocycles. The number of hydrogen-bond donors (Lipinski definition) is 5. The Balaban J connectivity index is -0.000000366. The first-order valence-corrected chi connectivity index (χ1v) is 4.25. The van der Waals surface area contributed by atoms with Crippen LogP contribution >= 0.6 is 0 Å². The predicted molar refractivity (Wildman–Crippen MR) is 49.2 cm³/mol. The van der Waals surface area contributed by atoms with Crippen molar-refractivity contribution in [2.75, 3.05) is 6.61 Å². The van der Waals surface area contributed by atoms with Crippen LogP contribution in [0.3, 0.4) is 0 Å². The normalized spacial score (nSPS) is 9.37. The molecule has 0 radical (unpaired) electrons. The minimum Gasteiger partial charge on any atom is -0.548 e. The maximum atomic E-state index is 10.3. The molecule has 0 heterocycles. The van der Waals surface area contributed by atoms with Gasteiger partial charge < -0.3 is 35.4 Å². The van der Waals surface area contributed by atoms with Crippen molar-refractivity contribution in [2.24, 2.45) is 0 Å². The van der Waals surface area contributed by atoms with Crippen LogP contribution in [0, 0.1) is 0 Å². The molecule has 0 aromatic rings. The zero-order valence-electron chi connectivity index (χ0n) is 9.90. The number of carbonyl (C=O) groups excluding carboxylic acids is 1. The van der Waals surface area contributed by atoms with Gasteiger partial charge >= 0.3 is 69.3 Å². The summed E-state index contributed by atoms with van der Waals surface area (Å²) < 4.78 is 0. The van der Waals surface area contributed by atoms with Gasteiger partial charge in [0.2, 0.25) is 0 Å². The Bertz CT molecular complexity index is 322. The van der Waals surface area contributed by atoms with Crippen molar-refractivity contribution < 1.29 is 101 Å². The van der Waals surface area contributed by atoms with Crippen molar-refractivity contribution in [1.82, 2.24) is 0 Å². The van der Waals surface area contributed by atoms with E-state index in [-0.39, 0.29) is 51.4 Å². The molecular weight excluding hydrogens is 295 g/mol. The van der Waals surface area contributed by atoms with E-state index in [1.165, 1.54) is 0 Å². The van der Waals surface area contributed by atoms with Crippen molar-refractivity contribution in [3.8, 4) is 0 Å². The number of carboxylic acid groups (broad SMARTS) is 4. The molecule has 0 aromatic carbocycles. The van der Waals surface area contributed by atoms with E-state index in [0.717, 1.165) is 0 Å². The third-order valence-electron chi connectivity index (χ3n) is 1.41. The van der Waals surface area contributed by atoms with Crippen LogP contribution in [0.25, 0.3) is 0 Å². The SMILES string of the molecule is O=C(O)CC(O)(CC(=O)O)C(=O)O.O=C([O-])CO.[K+]. The molecule has 0 saturated carbocycles. The molecule has 0 saturated heterocycles. The minimum absolute atomic E-state index is 0. The Morgan fingerprint density at radius 2 is 1.21 bits per heavy atom. The van der Waals surface area contributed by atoms with E-state index in [1.54, 1.807) is 0 Å². The van der Waals surface area contributed by atoms with Gasteiger partial charge in [0, 0.05) is 0 Å². The Kier molecular flexibility index (Phi) is 14.0. The molecule has 0 bridgehead atoms. The van der Waals surface area contributed by atoms with Crippen LogP contribution in [0.4, 0.5) is 0 Å². The van der Waals surface area contributed by atoms with Crippen LogP contribution in [-0.2, 0) is 19.2 Å². The zero-order valence-corrected chi connectivity index (χ0v) is 13.0. The Hall–Kier alpha value is -0.564. The summed E-state index contributed by atoms with van der Waals surface area (Å²) in [6.07, 6.45) is -2.29. The van der Waals surface area contributed by atoms with E-state index in [9.17, 15) is 14.4 Å². The molecular formula is C8H11KO10. The van der Waals surface area contributed by atoms with Crippen LogP contribution in [0.1, 0.15) is 12.8 Å². The van der Waals surface area contributed by atoms with Gasteiger partial charge in [0.05, 0.1) is 25.4 Å². The Labute approximate surface area is 149 Å². The molecule has 0 unspecified atom stereocenters. The molecule has 0 aliphatic heterocycles. The zero-order chi connectivity index (χ0) is 14.9. The number of aliphatic hydroxyl groups excluding tert-OH is 1. The summed E-state index contributed by atoms with van der Waals surface area (Å²) in [6, 6.07) is 0. The standard InChI is InChI=1S/C6H8O7.C2H4O3.K/c7-3(8)1-6(13,5(11)12)2-4(9)10;3-1-2(4)5;/h13H,1-2H2,(H,7,8)(H,9,10)(H,11,12);3H,1H2,(H,4,5);/q;;+1/p-1. The van der Waals surface area contributed by atoms with E-state index in [0.29, 0.717) is 0 Å². The van der Waals surface area contributed by atoms with Crippen molar-refractivity contribution in [3.63, 3.8) is 0 Å². The van der Waals surface area contributed by atoms with E-state index < -0.39 is 48.9 Å². The summed E-state index contributed by atoms with van der Waals surface area (Å²) in [5.74, 6) is -6.46. The second-order valence-electron chi connectivity index (χ2n) is 3.01. The third-order valence-corrected chi connectivity index (χ3v) is 1.41. The first kappa shape index (κ1) is 23.5. The average molecular weight is 306 g/mol. The molecule has 11 heteroatoms. The first-order valence-electron chi connectivity index (χ1n) is 4.25. The molecule has 0 amide bonds. The molecule has 0 aliphatic rings. The molecule has 5 N–H and O–H groups in total. The van der Waals surface area contributed by atoms with Crippen molar-refractivity contribution in [2.45, 2.75) is 18.4 Å². The third kappa shape index (κ3) is 13.7. The van der Waals surface area contributed by atoms with Gasteiger partial charge in [0.15, 0.2) is 5.60 Å². The van der Waals surface area contributed by atoms with Crippen LogP contribution in [-0.4, -0.2) is 61.6 Å². The van der Waals surface area contributed by atoms with Gasteiger partial charge in [-0.25, -0.2) is 4.79 Å². The molecule has 104 valence electrons. The van der Waals surface area contributed by atoms with E-state index in [1.807, 2.05) is 0 Å². The molecule has 19 heavy (non-hydrogen) atoms. The summed E-state index contributed by atoms with van der Waals surface area (Å²) >= 11 is 0. The number of hydrogen-bond acceptors (Lipinski definition) is 7. The van der Waals surface area contributed by atoms with E-state index >= 15 is 0 Å². The second-order valence-corrected chi connectivity index (χ2v) is 3.01. The molecule has 0 aliphatic carbocycles. The molecule has 0 rings (SSSR count). The van der Waals surface area contributed by atoms with Gasteiger partial charge in [-0.3, -0.25) is 9.59 Å². The minimum atomic E-state index is -2.74. The number of carbonyl (C=O) groups is 4. The summed E-state index contributed by atoms with van der Waals surface area (Å²) in [4.78, 5) is 39.5. The summed E-state index contributed by atoms with van der Waals surface area (Å²) in [5, 5.41) is 50.3. The molecule has 0 atom stereocenters. The predicted octanol–water partition coefficient (Wildman–Crippen LogP) is -6.52. The summed E-state index contributed by atoms with van der Waals surface area (Å²) in [6.45, 7) is -0.889. The van der Waals surface area contributed by atoms with Gasteiger partial charge in [0.25, 0.3) is 0 Å². The van der Waals surface area contributed by atoms with Crippen molar-refractivity contribution >= 4 is 23.9 Å². The van der Waals surface area contributed by atoms with Crippen molar-refractivity contribution in [3.05, 3.63) is 0 Å². The van der Waals surface area contributed by atoms with Crippen LogP contribution in [0.15, 0.2) is 0 Å². The van der Waals surface area contributed by atoms with Crippen LogP contribution in [0.2, 0.25) is 0 Å². The fourth-order valence-corrected chi connectivity index (χ4v) is 0.714. The van der Waals surface area contributed by atoms with E-state index in [4.69, 9.17) is 35.4 Å². The smallest absolute Gasteiger partial charge is 0.548 e. The average Bonchev–Trinajstić information content (AvgIpc) is 2.15. The monoisotopic (exact) mass is 306 g/mol. The molecule has 0 fully saturated rings. The number of aliphatic carboxylic acids is 4. The molecule has 10 nitrogen and oxygen atoms in total. The van der Waals surface area contributed by atoms with Crippen LogP contribution in [0.5, 0.6) is 0 Å². The summed E-state index contributed by atoms with van der Waals surface area (Å²) in [7, 11) is 0.